The van der Waals surface area contributed by atoms with Crippen LogP contribution in [0.25, 0.3) is 72.8 Å². The van der Waals surface area contributed by atoms with Crippen LogP contribution < -0.4 is 4.90 Å². The van der Waals surface area contributed by atoms with Crippen molar-refractivity contribution in [3.8, 4) is 51.0 Å². The molecule has 7 aromatic carbocycles. The first-order chi connectivity index (χ1) is 24.8. The number of fused-ring (bicyclic) bond motifs is 8. The molecule has 0 radical (unpaired) electrons. The predicted octanol–water partition coefficient (Wildman–Crippen LogP) is 11.4. The second-order valence-electron chi connectivity index (χ2n) is 12.5. The second kappa shape index (κ2) is 11.4. The molecule has 0 unspecified atom stereocenters. The lowest BCUT2D eigenvalue weighted by atomic mass is 9.94. The molecule has 0 N–H and O–H groups in total. The summed E-state index contributed by atoms with van der Waals surface area (Å²) in [5.74, 6) is 1.83. The average Bonchev–Trinajstić information content (AvgIpc) is 3.46. The highest BCUT2D eigenvalue weighted by Crippen LogP contribution is 2.52. The smallest absolute Gasteiger partial charge is 0.238 e. The topological polar surface area (TPSA) is 46.8 Å². The molecule has 0 amide bonds. The molecule has 0 atom stereocenters. The van der Waals surface area contributed by atoms with Gasteiger partial charge in [0.2, 0.25) is 5.95 Å². The normalized spacial score (nSPS) is 12.0. The molecule has 0 aliphatic carbocycles. The average molecular weight is 640 g/mol. The van der Waals surface area contributed by atoms with Crippen LogP contribution in [-0.4, -0.2) is 19.5 Å². The molecule has 1 aliphatic rings. The Kier molecular flexibility index (Phi) is 6.42. The summed E-state index contributed by atoms with van der Waals surface area (Å²) in [6.45, 7) is 0. The third-order valence-corrected chi connectivity index (χ3v) is 9.59. The molecular weight excluding hydrogens is 611 g/mol. The summed E-state index contributed by atoms with van der Waals surface area (Å²) < 4.78 is 2.21. The zero-order valence-electron chi connectivity index (χ0n) is 27.0. The Morgan fingerprint density at radius 3 is 1.58 bits per heavy atom. The lowest BCUT2D eigenvalue weighted by molar-refractivity contribution is 0.953. The highest BCUT2D eigenvalue weighted by atomic mass is 15.2. The van der Waals surface area contributed by atoms with Crippen molar-refractivity contribution in [3.63, 3.8) is 0 Å². The van der Waals surface area contributed by atoms with Gasteiger partial charge in [0.15, 0.2) is 11.6 Å². The van der Waals surface area contributed by atoms with Gasteiger partial charge in [0.25, 0.3) is 0 Å². The van der Waals surface area contributed by atoms with Gasteiger partial charge in [-0.15, -0.1) is 0 Å². The first-order valence-electron chi connectivity index (χ1n) is 16.8. The van der Waals surface area contributed by atoms with Crippen LogP contribution >= 0.6 is 0 Å². The largest absolute Gasteiger partial charge is 0.309 e. The van der Waals surface area contributed by atoms with Gasteiger partial charge in [0.1, 0.15) is 0 Å². The van der Waals surface area contributed by atoms with Crippen LogP contribution in [0.3, 0.4) is 0 Å². The van der Waals surface area contributed by atoms with Gasteiger partial charge in [-0.1, -0.05) is 140 Å². The fraction of sp³-hybridized carbons (Fsp3) is 0. The number of nitrogens with zero attached hydrogens (tertiary/aromatic N) is 5. The molecule has 0 saturated heterocycles. The fourth-order valence-corrected chi connectivity index (χ4v) is 7.35. The summed E-state index contributed by atoms with van der Waals surface area (Å²) in [5.41, 5.74) is 12.0. The van der Waals surface area contributed by atoms with Crippen molar-refractivity contribution < 1.29 is 0 Å². The quantitative estimate of drug-likeness (QED) is 0.192. The number of hydrogen-bond donors (Lipinski definition) is 0. The van der Waals surface area contributed by atoms with E-state index in [0.717, 1.165) is 50.0 Å². The fourth-order valence-electron chi connectivity index (χ4n) is 7.35. The molecule has 3 heterocycles. The highest BCUT2D eigenvalue weighted by molar-refractivity contribution is 6.14. The van der Waals surface area contributed by atoms with Crippen LogP contribution in [0.15, 0.2) is 176 Å². The van der Waals surface area contributed by atoms with Crippen molar-refractivity contribution in [2.45, 2.75) is 0 Å². The molecule has 50 heavy (non-hydrogen) atoms. The van der Waals surface area contributed by atoms with Crippen LogP contribution in [0.4, 0.5) is 17.1 Å². The van der Waals surface area contributed by atoms with Gasteiger partial charge in [-0.05, 0) is 47.5 Å². The Morgan fingerprint density at radius 1 is 0.360 bits per heavy atom. The van der Waals surface area contributed by atoms with Gasteiger partial charge >= 0.3 is 0 Å². The molecule has 1 aliphatic heterocycles. The van der Waals surface area contributed by atoms with E-state index in [9.17, 15) is 0 Å². The molecule has 5 nitrogen and oxygen atoms in total. The van der Waals surface area contributed by atoms with Crippen molar-refractivity contribution in [1.29, 1.82) is 0 Å². The number of anilines is 3. The monoisotopic (exact) mass is 639 g/mol. The van der Waals surface area contributed by atoms with Gasteiger partial charge < -0.3 is 4.90 Å². The van der Waals surface area contributed by atoms with E-state index in [2.05, 4.69) is 125 Å². The maximum Gasteiger partial charge on any atom is 0.238 e. The molecule has 234 valence electrons. The summed E-state index contributed by atoms with van der Waals surface area (Å²) in [5, 5.41) is 2.27. The van der Waals surface area contributed by atoms with E-state index in [1.807, 2.05) is 60.7 Å². The zero-order chi connectivity index (χ0) is 33.0. The molecule has 0 spiro atoms. The Balaban J connectivity index is 1.33. The molecule has 0 saturated carbocycles. The van der Waals surface area contributed by atoms with E-state index in [4.69, 9.17) is 15.0 Å². The van der Waals surface area contributed by atoms with E-state index >= 15 is 0 Å². The molecule has 2 aromatic heterocycles. The third kappa shape index (κ3) is 4.45. The predicted molar refractivity (Wildman–Crippen MR) is 204 cm³/mol. The Bertz CT molecular complexity index is 2640. The number of benzene rings is 7. The standard InChI is InChI=1S/C45H29N5/c1-4-16-30(17-5-1)43-46-44(31-18-6-2-7-19-31)48-45(47-43)50-40-27-15-13-25-36(40)38-28-37-34-23-11-10-22-33(34)35-24-12-14-26-39(35)49(41(37)29-42(38)50)32-20-8-3-9-21-32/h1-29H. The van der Waals surface area contributed by atoms with E-state index < -0.39 is 0 Å². The van der Waals surface area contributed by atoms with Crippen molar-refractivity contribution in [2.24, 2.45) is 0 Å². The van der Waals surface area contributed by atoms with Crippen molar-refractivity contribution in [2.75, 3.05) is 4.90 Å². The summed E-state index contributed by atoms with van der Waals surface area (Å²) in [4.78, 5) is 17.7. The Labute approximate surface area is 289 Å². The summed E-state index contributed by atoms with van der Waals surface area (Å²) in [6.07, 6.45) is 0. The van der Waals surface area contributed by atoms with Crippen molar-refractivity contribution in [3.05, 3.63) is 176 Å². The second-order valence-corrected chi connectivity index (χ2v) is 12.5. The molecular formula is C45H29N5. The van der Waals surface area contributed by atoms with Gasteiger partial charge in [-0.2, -0.15) is 9.97 Å². The third-order valence-electron chi connectivity index (χ3n) is 9.59. The highest BCUT2D eigenvalue weighted by Gasteiger charge is 2.28. The molecule has 9 aromatic rings. The van der Waals surface area contributed by atoms with Crippen LogP contribution in [-0.2, 0) is 0 Å². The van der Waals surface area contributed by atoms with Gasteiger partial charge in [0.05, 0.1) is 22.4 Å². The van der Waals surface area contributed by atoms with Crippen LogP contribution in [0.1, 0.15) is 0 Å². The lowest BCUT2D eigenvalue weighted by Crippen LogP contribution is -2.11. The molecule has 0 bridgehead atoms. The number of hydrogen-bond acceptors (Lipinski definition) is 4. The first-order valence-corrected chi connectivity index (χ1v) is 16.8. The van der Waals surface area contributed by atoms with Crippen molar-refractivity contribution in [1.82, 2.24) is 19.5 Å². The van der Waals surface area contributed by atoms with E-state index in [0.29, 0.717) is 17.6 Å². The molecule has 10 rings (SSSR count). The van der Waals surface area contributed by atoms with E-state index in [-0.39, 0.29) is 0 Å². The van der Waals surface area contributed by atoms with Crippen LogP contribution in [0.5, 0.6) is 0 Å². The SMILES string of the molecule is c1ccc(-c2nc(-c3ccccc3)nc(-n3c4ccccc4c4cc5c(cc43)N(c3ccccc3)c3ccccc3-c3ccccc3-5)n2)cc1. The van der Waals surface area contributed by atoms with Gasteiger partial charge in [0, 0.05) is 38.7 Å². The maximum absolute atomic E-state index is 5.18. The number of aromatic nitrogens is 4. The minimum atomic E-state index is 0.574. The van der Waals surface area contributed by atoms with E-state index in [1.54, 1.807) is 0 Å². The number of rotatable bonds is 4. The number of para-hydroxylation sites is 3. The molecule has 5 heteroatoms. The van der Waals surface area contributed by atoms with Crippen molar-refractivity contribution >= 4 is 38.9 Å². The lowest BCUT2D eigenvalue weighted by Gasteiger charge is -2.27. The minimum absolute atomic E-state index is 0.574. The van der Waals surface area contributed by atoms with Gasteiger partial charge in [-0.25, -0.2) is 4.98 Å². The first kappa shape index (κ1) is 28.2. The summed E-state index contributed by atoms with van der Waals surface area (Å²) >= 11 is 0. The van der Waals surface area contributed by atoms with E-state index in [1.165, 1.54) is 22.3 Å². The Hall–Kier alpha value is -6.85. The zero-order valence-corrected chi connectivity index (χ0v) is 27.0. The minimum Gasteiger partial charge on any atom is -0.309 e. The molecule has 0 fully saturated rings. The van der Waals surface area contributed by atoms with Crippen LogP contribution in [0, 0.1) is 0 Å². The summed E-state index contributed by atoms with van der Waals surface area (Å²) in [7, 11) is 0. The van der Waals surface area contributed by atoms with Gasteiger partial charge in [-0.3, -0.25) is 4.57 Å². The Morgan fingerprint density at radius 2 is 0.900 bits per heavy atom. The summed E-state index contributed by atoms with van der Waals surface area (Å²) in [6, 6.07) is 61.6. The maximum atomic E-state index is 5.18. The van der Waals surface area contributed by atoms with Crippen LogP contribution in [0.2, 0.25) is 0 Å².